The van der Waals surface area contributed by atoms with E-state index in [-0.39, 0.29) is 10.8 Å². The second kappa shape index (κ2) is 8.22. The van der Waals surface area contributed by atoms with Crippen LogP contribution in [0.2, 0.25) is 10.0 Å². The summed E-state index contributed by atoms with van der Waals surface area (Å²) in [4.78, 5) is 11.1. The van der Waals surface area contributed by atoms with Crippen LogP contribution in [-0.2, 0) is 21.4 Å². The molecular weight excluding hydrogens is 423 g/mol. The third-order valence-corrected chi connectivity index (χ3v) is 5.86. The van der Waals surface area contributed by atoms with E-state index < -0.39 is 10.0 Å². The summed E-state index contributed by atoms with van der Waals surface area (Å²) in [5.41, 5.74) is 1.50. The summed E-state index contributed by atoms with van der Waals surface area (Å²) in [6.45, 7) is 1.67. The molecule has 3 aromatic rings. The molecule has 0 atom stereocenters. The predicted molar refractivity (Wildman–Crippen MR) is 109 cm³/mol. The van der Waals surface area contributed by atoms with Gasteiger partial charge in [-0.15, -0.1) is 0 Å². The van der Waals surface area contributed by atoms with E-state index in [0.717, 1.165) is 0 Å². The Labute approximate surface area is 172 Å². The first-order chi connectivity index (χ1) is 13.2. The zero-order valence-electron chi connectivity index (χ0n) is 14.7. The molecule has 0 radical (unpaired) electrons. The topological polar surface area (TPSA) is 93.1 Å². The Morgan fingerprint density at radius 2 is 1.71 bits per heavy atom. The summed E-state index contributed by atoms with van der Waals surface area (Å²) in [7, 11) is -3.80. The molecule has 2 aromatic carbocycles. The number of amides is 1. The van der Waals surface area contributed by atoms with Crippen LogP contribution in [-0.4, -0.2) is 24.1 Å². The van der Waals surface area contributed by atoms with Crippen molar-refractivity contribution in [2.24, 2.45) is 0 Å². The Bertz CT molecular complexity index is 1090. The van der Waals surface area contributed by atoms with Crippen molar-refractivity contribution >= 4 is 50.5 Å². The normalized spacial score (nSPS) is 11.2. The van der Waals surface area contributed by atoms with Crippen molar-refractivity contribution in [1.82, 2.24) is 9.78 Å². The molecule has 1 amide bonds. The van der Waals surface area contributed by atoms with E-state index >= 15 is 0 Å². The lowest BCUT2D eigenvalue weighted by molar-refractivity contribution is -0.114. The molecule has 0 aliphatic carbocycles. The van der Waals surface area contributed by atoms with Crippen LogP contribution < -0.4 is 10.0 Å². The average molecular weight is 439 g/mol. The molecule has 2 N–H and O–H groups in total. The van der Waals surface area contributed by atoms with E-state index in [1.54, 1.807) is 24.4 Å². The largest absolute Gasteiger partial charge is 0.326 e. The van der Waals surface area contributed by atoms with Crippen LogP contribution in [0.5, 0.6) is 0 Å². The first kappa shape index (κ1) is 20.2. The lowest BCUT2D eigenvalue weighted by Crippen LogP contribution is -2.13. The van der Waals surface area contributed by atoms with Gasteiger partial charge < -0.3 is 5.32 Å². The predicted octanol–water partition coefficient (Wildman–Crippen LogP) is 4.00. The first-order valence-corrected chi connectivity index (χ1v) is 10.3. The molecule has 28 heavy (non-hydrogen) atoms. The van der Waals surface area contributed by atoms with Crippen molar-refractivity contribution < 1.29 is 13.2 Å². The third kappa shape index (κ3) is 4.83. The summed E-state index contributed by atoms with van der Waals surface area (Å²) < 4.78 is 29.1. The first-order valence-electron chi connectivity index (χ1n) is 8.10. The lowest BCUT2D eigenvalue weighted by Gasteiger charge is -2.08. The Balaban J connectivity index is 1.74. The molecular formula is C18H16Cl2N4O3S. The Hall–Kier alpha value is -2.55. The van der Waals surface area contributed by atoms with Crippen LogP contribution in [0.25, 0.3) is 0 Å². The Morgan fingerprint density at radius 1 is 1.07 bits per heavy atom. The van der Waals surface area contributed by atoms with Crippen molar-refractivity contribution in [3.05, 3.63) is 70.5 Å². The van der Waals surface area contributed by atoms with Gasteiger partial charge in [-0.1, -0.05) is 29.3 Å². The summed E-state index contributed by atoms with van der Waals surface area (Å²) in [5, 5.41) is 7.73. The standard InChI is InChI=1S/C18H16Cl2N4O3S/c1-12(25)22-13-5-7-15(8-6-13)28(26,27)23-14-9-21-24(10-14)11-16-17(19)3-2-4-18(16)20/h2-10,23H,11H2,1H3,(H,22,25). The van der Waals surface area contributed by atoms with E-state index in [1.165, 1.54) is 42.1 Å². The minimum atomic E-state index is -3.80. The third-order valence-electron chi connectivity index (χ3n) is 3.75. The zero-order valence-corrected chi connectivity index (χ0v) is 17.0. The highest BCUT2D eigenvalue weighted by Crippen LogP contribution is 2.25. The van der Waals surface area contributed by atoms with Crippen LogP contribution in [0.3, 0.4) is 0 Å². The molecule has 1 aromatic heterocycles. The number of benzene rings is 2. The van der Waals surface area contributed by atoms with E-state index in [4.69, 9.17) is 23.2 Å². The van der Waals surface area contributed by atoms with Gasteiger partial charge in [0, 0.05) is 34.4 Å². The van der Waals surface area contributed by atoms with Crippen molar-refractivity contribution in [2.45, 2.75) is 18.4 Å². The van der Waals surface area contributed by atoms with Gasteiger partial charge in [-0.3, -0.25) is 14.2 Å². The van der Waals surface area contributed by atoms with Gasteiger partial charge in [0.05, 0.1) is 23.3 Å². The fraction of sp³-hybridized carbons (Fsp3) is 0.111. The van der Waals surface area contributed by atoms with Crippen LogP contribution in [0.1, 0.15) is 12.5 Å². The number of anilines is 2. The maximum atomic E-state index is 12.5. The van der Waals surface area contributed by atoms with Crippen LogP contribution in [0, 0.1) is 0 Å². The smallest absolute Gasteiger partial charge is 0.261 e. The van der Waals surface area contributed by atoms with Gasteiger partial charge in [0.25, 0.3) is 10.0 Å². The van der Waals surface area contributed by atoms with Gasteiger partial charge >= 0.3 is 0 Å². The molecule has 146 valence electrons. The van der Waals surface area contributed by atoms with Gasteiger partial charge in [-0.25, -0.2) is 8.42 Å². The Morgan fingerprint density at radius 3 is 2.32 bits per heavy atom. The van der Waals surface area contributed by atoms with Gasteiger partial charge in [0.15, 0.2) is 0 Å². The highest BCUT2D eigenvalue weighted by atomic mass is 35.5. The monoisotopic (exact) mass is 438 g/mol. The minimum absolute atomic E-state index is 0.0588. The van der Waals surface area contributed by atoms with Gasteiger partial charge in [-0.2, -0.15) is 5.10 Å². The molecule has 0 aliphatic heterocycles. The second-order valence-corrected chi connectivity index (χ2v) is 8.43. The molecule has 1 heterocycles. The SMILES string of the molecule is CC(=O)Nc1ccc(S(=O)(=O)Nc2cnn(Cc3c(Cl)cccc3Cl)c2)cc1. The zero-order chi connectivity index (χ0) is 20.3. The lowest BCUT2D eigenvalue weighted by atomic mass is 10.2. The van der Waals surface area contributed by atoms with E-state index in [1.807, 2.05) is 0 Å². The molecule has 0 saturated heterocycles. The number of nitrogens with one attached hydrogen (secondary N) is 2. The summed E-state index contributed by atoms with van der Waals surface area (Å²) >= 11 is 12.3. The summed E-state index contributed by atoms with van der Waals surface area (Å²) in [6.07, 6.45) is 2.94. The molecule has 7 nitrogen and oxygen atoms in total. The number of carbonyl (C=O) groups excluding carboxylic acids is 1. The van der Waals surface area contributed by atoms with Crippen LogP contribution in [0.15, 0.2) is 59.8 Å². The summed E-state index contributed by atoms with van der Waals surface area (Å²) in [5.74, 6) is -0.236. The van der Waals surface area contributed by atoms with E-state index in [9.17, 15) is 13.2 Å². The van der Waals surface area contributed by atoms with Crippen molar-refractivity contribution in [2.75, 3.05) is 10.0 Å². The summed E-state index contributed by atoms with van der Waals surface area (Å²) in [6, 6.07) is 11.0. The number of hydrogen-bond donors (Lipinski definition) is 2. The number of rotatable bonds is 6. The molecule has 0 spiro atoms. The fourth-order valence-corrected chi connectivity index (χ4v) is 4.03. The maximum Gasteiger partial charge on any atom is 0.261 e. The number of halogens is 2. The second-order valence-electron chi connectivity index (χ2n) is 5.94. The van der Waals surface area contributed by atoms with Crippen molar-refractivity contribution in [3.8, 4) is 0 Å². The molecule has 0 fully saturated rings. The molecule has 0 bridgehead atoms. The number of hydrogen-bond acceptors (Lipinski definition) is 4. The number of carbonyl (C=O) groups is 1. The molecule has 0 saturated carbocycles. The van der Waals surface area contributed by atoms with Gasteiger partial charge in [0.1, 0.15) is 0 Å². The molecule has 0 unspecified atom stereocenters. The van der Waals surface area contributed by atoms with E-state index in [0.29, 0.717) is 33.5 Å². The fourth-order valence-electron chi connectivity index (χ4n) is 2.48. The molecule has 3 rings (SSSR count). The maximum absolute atomic E-state index is 12.5. The van der Waals surface area contributed by atoms with Crippen LogP contribution in [0.4, 0.5) is 11.4 Å². The van der Waals surface area contributed by atoms with Crippen molar-refractivity contribution in [1.29, 1.82) is 0 Å². The van der Waals surface area contributed by atoms with Crippen LogP contribution >= 0.6 is 23.2 Å². The molecule has 10 heteroatoms. The van der Waals surface area contributed by atoms with Gasteiger partial charge in [0.2, 0.25) is 5.91 Å². The number of nitrogens with zero attached hydrogens (tertiary/aromatic N) is 2. The number of sulfonamides is 1. The Kier molecular flexibility index (Phi) is 5.93. The minimum Gasteiger partial charge on any atom is -0.326 e. The quantitative estimate of drug-likeness (QED) is 0.607. The molecule has 0 aliphatic rings. The van der Waals surface area contributed by atoms with E-state index in [2.05, 4.69) is 15.1 Å². The number of aromatic nitrogens is 2. The highest BCUT2D eigenvalue weighted by molar-refractivity contribution is 7.92. The van der Waals surface area contributed by atoms with Crippen molar-refractivity contribution in [3.63, 3.8) is 0 Å². The van der Waals surface area contributed by atoms with Gasteiger partial charge in [-0.05, 0) is 36.4 Å². The average Bonchev–Trinajstić information content (AvgIpc) is 3.04. The highest BCUT2D eigenvalue weighted by Gasteiger charge is 2.16.